The van der Waals surface area contributed by atoms with Crippen molar-refractivity contribution in [1.29, 1.82) is 0 Å². The van der Waals surface area contributed by atoms with Gasteiger partial charge in [0.05, 0.1) is 25.4 Å². The fraction of sp³-hybridized carbons (Fsp3) is 0.849. The van der Waals surface area contributed by atoms with Crippen molar-refractivity contribution in [1.82, 2.24) is 5.32 Å². The van der Waals surface area contributed by atoms with Gasteiger partial charge in [-0.25, -0.2) is 0 Å². The Kier molecular flexibility index (Phi) is 47.2. The molecular formula is C53H99NO5. The number of carbonyl (C=O) groups excluding carboxylic acids is 2. The molecule has 2 atom stereocenters. The van der Waals surface area contributed by atoms with Gasteiger partial charge in [0.15, 0.2) is 0 Å². The van der Waals surface area contributed by atoms with Gasteiger partial charge in [0.25, 0.3) is 0 Å². The molecule has 6 nitrogen and oxygen atoms in total. The van der Waals surface area contributed by atoms with Crippen LogP contribution in [0.25, 0.3) is 0 Å². The molecule has 0 aliphatic rings. The molecule has 0 saturated heterocycles. The molecule has 0 radical (unpaired) electrons. The van der Waals surface area contributed by atoms with Gasteiger partial charge in [-0.3, -0.25) is 9.59 Å². The molecule has 0 aliphatic carbocycles. The first-order chi connectivity index (χ1) is 29.0. The molecular weight excluding hydrogens is 731 g/mol. The number of unbranched alkanes of at least 4 members (excludes halogenated alkanes) is 32. The molecule has 0 spiro atoms. The predicted octanol–water partition coefficient (Wildman–Crippen LogP) is 15.3. The molecule has 0 aromatic rings. The molecule has 0 heterocycles. The van der Waals surface area contributed by atoms with Gasteiger partial charge in [-0.05, 0) is 57.8 Å². The fourth-order valence-electron chi connectivity index (χ4n) is 7.67. The van der Waals surface area contributed by atoms with Crippen LogP contribution >= 0.6 is 0 Å². The first-order valence-corrected chi connectivity index (χ1v) is 25.8. The maximum atomic E-state index is 12.4. The van der Waals surface area contributed by atoms with Crippen LogP contribution in [0, 0.1) is 0 Å². The van der Waals surface area contributed by atoms with Crippen molar-refractivity contribution in [3.8, 4) is 0 Å². The third kappa shape index (κ3) is 45.4. The van der Waals surface area contributed by atoms with E-state index >= 15 is 0 Å². The Hall–Kier alpha value is -1.92. The minimum absolute atomic E-state index is 0.0164. The highest BCUT2D eigenvalue weighted by Crippen LogP contribution is 2.16. The van der Waals surface area contributed by atoms with E-state index in [0.717, 1.165) is 64.2 Å². The molecule has 0 aromatic carbocycles. The van der Waals surface area contributed by atoms with Gasteiger partial charge in [-0.2, -0.15) is 0 Å². The first-order valence-electron chi connectivity index (χ1n) is 25.8. The number of aliphatic hydroxyl groups excluding tert-OH is 2. The number of allylic oxidation sites excluding steroid dienone is 5. The lowest BCUT2D eigenvalue weighted by molar-refractivity contribution is -0.143. The Morgan fingerprint density at radius 1 is 0.475 bits per heavy atom. The Morgan fingerprint density at radius 3 is 1.36 bits per heavy atom. The van der Waals surface area contributed by atoms with Crippen molar-refractivity contribution in [2.24, 2.45) is 0 Å². The van der Waals surface area contributed by atoms with Crippen molar-refractivity contribution in [2.45, 2.75) is 276 Å². The zero-order chi connectivity index (χ0) is 43.0. The summed E-state index contributed by atoms with van der Waals surface area (Å²) in [5.74, 6) is -0.0941. The normalized spacial score (nSPS) is 12.9. The number of aliphatic hydroxyl groups is 2. The highest BCUT2D eigenvalue weighted by atomic mass is 16.5. The monoisotopic (exact) mass is 830 g/mol. The summed E-state index contributed by atoms with van der Waals surface area (Å²) in [7, 11) is 0. The smallest absolute Gasteiger partial charge is 0.305 e. The van der Waals surface area contributed by atoms with Gasteiger partial charge >= 0.3 is 5.97 Å². The standard InChI is InChI=1S/C53H99NO5/c1-3-5-7-9-11-13-15-17-22-25-29-33-37-41-45-51(56)50(49-55)54-52(57)46-42-38-34-30-26-23-19-18-20-24-28-32-36-40-44-48-59-53(58)47-43-39-35-31-27-21-16-14-12-10-8-6-4-2/h8,10,14,16,41,45,50-51,55-56H,3-7,9,11-13,15,17-40,42-44,46-49H2,1-2H3,(H,54,57)/b10-8-,16-14-,45-41+. The minimum atomic E-state index is -0.850. The number of esters is 1. The second kappa shape index (κ2) is 48.7. The van der Waals surface area contributed by atoms with Crippen molar-refractivity contribution in [3.63, 3.8) is 0 Å². The zero-order valence-electron chi connectivity index (χ0n) is 39.2. The fourth-order valence-corrected chi connectivity index (χ4v) is 7.67. The molecule has 0 bridgehead atoms. The summed E-state index contributed by atoms with van der Waals surface area (Å²) in [5, 5.41) is 23.0. The second-order valence-electron chi connectivity index (χ2n) is 17.5. The molecule has 3 N–H and O–H groups in total. The van der Waals surface area contributed by atoms with Crippen LogP contribution in [0.1, 0.15) is 264 Å². The van der Waals surface area contributed by atoms with Gasteiger partial charge in [-0.1, -0.05) is 230 Å². The van der Waals surface area contributed by atoms with Gasteiger partial charge < -0.3 is 20.3 Å². The van der Waals surface area contributed by atoms with Gasteiger partial charge in [0, 0.05) is 12.8 Å². The van der Waals surface area contributed by atoms with Gasteiger partial charge in [-0.15, -0.1) is 0 Å². The summed E-state index contributed by atoms with van der Waals surface area (Å²) in [6.07, 6.45) is 58.5. The van der Waals surface area contributed by atoms with E-state index in [1.165, 1.54) is 173 Å². The molecule has 1 amide bonds. The maximum absolute atomic E-state index is 12.4. The van der Waals surface area contributed by atoms with E-state index in [-0.39, 0.29) is 18.5 Å². The molecule has 0 rings (SSSR count). The Bertz CT molecular complexity index is 962. The highest BCUT2D eigenvalue weighted by molar-refractivity contribution is 5.76. The predicted molar refractivity (Wildman–Crippen MR) is 255 cm³/mol. The molecule has 0 fully saturated rings. The lowest BCUT2D eigenvalue weighted by Crippen LogP contribution is -2.45. The summed E-state index contributed by atoms with van der Waals surface area (Å²) in [5.41, 5.74) is 0. The van der Waals surface area contributed by atoms with E-state index in [0.29, 0.717) is 19.4 Å². The number of carbonyl (C=O) groups is 2. The van der Waals surface area contributed by atoms with E-state index in [9.17, 15) is 19.8 Å². The average Bonchev–Trinajstić information content (AvgIpc) is 3.24. The summed E-state index contributed by atoms with van der Waals surface area (Å²) in [6, 6.07) is -0.634. The molecule has 346 valence electrons. The second-order valence-corrected chi connectivity index (χ2v) is 17.5. The first kappa shape index (κ1) is 57.1. The van der Waals surface area contributed by atoms with Crippen LogP contribution in [0.2, 0.25) is 0 Å². The van der Waals surface area contributed by atoms with Crippen LogP contribution in [-0.4, -0.2) is 47.4 Å². The Morgan fingerprint density at radius 2 is 0.881 bits per heavy atom. The van der Waals surface area contributed by atoms with Crippen LogP contribution in [0.3, 0.4) is 0 Å². The third-order valence-corrected chi connectivity index (χ3v) is 11.6. The number of amides is 1. The van der Waals surface area contributed by atoms with Crippen molar-refractivity contribution in [3.05, 3.63) is 36.5 Å². The van der Waals surface area contributed by atoms with Crippen LogP contribution in [0.15, 0.2) is 36.5 Å². The van der Waals surface area contributed by atoms with Crippen molar-refractivity contribution >= 4 is 11.9 Å². The lowest BCUT2D eigenvalue weighted by atomic mass is 10.0. The molecule has 6 heteroatoms. The van der Waals surface area contributed by atoms with Crippen LogP contribution in [-0.2, 0) is 14.3 Å². The van der Waals surface area contributed by atoms with Crippen LogP contribution in [0.5, 0.6) is 0 Å². The van der Waals surface area contributed by atoms with E-state index in [4.69, 9.17) is 4.74 Å². The number of nitrogens with one attached hydrogen (secondary N) is 1. The van der Waals surface area contributed by atoms with Crippen molar-refractivity contribution in [2.75, 3.05) is 13.2 Å². The highest BCUT2D eigenvalue weighted by Gasteiger charge is 2.18. The SMILES string of the molecule is CCC/C=C\C/C=C\CCCCCCCC(=O)OCCCCCCCCCCCCCCCCCC(=O)NC(CO)C(O)/C=C/CCCCCCCCCCCCCC. The van der Waals surface area contributed by atoms with E-state index in [1.54, 1.807) is 6.08 Å². The Labute approximate surface area is 366 Å². The van der Waals surface area contributed by atoms with Crippen LogP contribution < -0.4 is 5.32 Å². The minimum Gasteiger partial charge on any atom is -0.466 e. The zero-order valence-corrected chi connectivity index (χ0v) is 39.2. The van der Waals surface area contributed by atoms with Crippen molar-refractivity contribution < 1.29 is 24.5 Å². The largest absolute Gasteiger partial charge is 0.466 e. The number of ether oxygens (including phenoxy) is 1. The van der Waals surface area contributed by atoms with E-state index in [1.807, 2.05) is 6.08 Å². The topological polar surface area (TPSA) is 95.9 Å². The van der Waals surface area contributed by atoms with Gasteiger partial charge in [0.2, 0.25) is 5.91 Å². The molecule has 0 saturated carbocycles. The quantitative estimate of drug-likeness (QED) is 0.0323. The summed E-state index contributed by atoms with van der Waals surface area (Å²) in [6.45, 7) is 4.81. The average molecular weight is 830 g/mol. The van der Waals surface area contributed by atoms with Gasteiger partial charge in [0.1, 0.15) is 0 Å². The lowest BCUT2D eigenvalue weighted by Gasteiger charge is -2.20. The molecule has 2 unspecified atom stereocenters. The summed E-state index contributed by atoms with van der Waals surface area (Å²) in [4.78, 5) is 24.4. The molecule has 59 heavy (non-hydrogen) atoms. The number of hydrogen-bond acceptors (Lipinski definition) is 5. The Balaban J connectivity index is 3.48. The summed E-state index contributed by atoms with van der Waals surface area (Å²) < 4.78 is 5.45. The third-order valence-electron chi connectivity index (χ3n) is 11.6. The molecule has 0 aromatic heterocycles. The van der Waals surface area contributed by atoms with E-state index < -0.39 is 12.1 Å². The van der Waals surface area contributed by atoms with Crippen LogP contribution in [0.4, 0.5) is 0 Å². The molecule has 0 aliphatic heterocycles. The number of rotatable bonds is 47. The number of hydrogen-bond donors (Lipinski definition) is 3. The van der Waals surface area contributed by atoms with E-state index in [2.05, 4.69) is 43.5 Å². The maximum Gasteiger partial charge on any atom is 0.305 e. The summed E-state index contributed by atoms with van der Waals surface area (Å²) >= 11 is 0.